The highest BCUT2D eigenvalue weighted by atomic mass is 16.7. The number of imide groups is 2. The third-order valence-corrected chi connectivity index (χ3v) is 4.26. The van der Waals surface area contributed by atoms with Crippen molar-refractivity contribution in [3.05, 3.63) is 35.4 Å². The van der Waals surface area contributed by atoms with Crippen molar-refractivity contribution in [2.75, 3.05) is 6.73 Å². The molecule has 0 radical (unpaired) electrons. The van der Waals surface area contributed by atoms with Crippen molar-refractivity contribution in [1.82, 2.24) is 9.80 Å². The number of likely N-dealkylation sites (tertiary alicyclic amines) is 1. The molecule has 1 fully saturated rings. The maximum Gasteiger partial charge on any atom is 0.510 e. The molecule has 3 rings (SSSR count). The van der Waals surface area contributed by atoms with E-state index in [9.17, 15) is 24.0 Å². The summed E-state index contributed by atoms with van der Waals surface area (Å²) in [7, 11) is 0. The van der Waals surface area contributed by atoms with Gasteiger partial charge in [0, 0.05) is 6.42 Å². The molecule has 1 unspecified atom stereocenters. The Kier molecular flexibility index (Phi) is 4.93. The lowest BCUT2D eigenvalue weighted by atomic mass is 10.0. The van der Waals surface area contributed by atoms with Crippen molar-refractivity contribution in [1.29, 1.82) is 0 Å². The van der Waals surface area contributed by atoms with Crippen LogP contribution in [0.1, 0.15) is 47.4 Å². The molecule has 27 heavy (non-hydrogen) atoms. The molecule has 0 spiro atoms. The van der Waals surface area contributed by atoms with E-state index in [0.29, 0.717) is 0 Å². The molecule has 2 aliphatic rings. The molecular formula is C18H18N2O7. The van der Waals surface area contributed by atoms with Crippen LogP contribution in [-0.2, 0) is 19.1 Å². The number of carbonyl (C=O) groups is 5. The van der Waals surface area contributed by atoms with Crippen molar-refractivity contribution >= 4 is 29.8 Å². The molecule has 2 aliphatic heterocycles. The van der Waals surface area contributed by atoms with Gasteiger partial charge in [0.15, 0.2) is 6.73 Å². The highest BCUT2D eigenvalue weighted by Crippen LogP contribution is 2.28. The molecule has 9 heteroatoms. The second-order valence-electron chi connectivity index (χ2n) is 6.43. The lowest BCUT2D eigenvalue weighted by Gasteiger charge is -2.33. The van der Waals surface area contributed by atoms with Gasteiger partial charge in [-0.25, -0.2) is 9.69 Å². The van der Waals surface area contributed by atoms with Gasteiger partial charge in [-0.3, -0.25) is 24.1 Å². The molecule has 0 aromatic heterocycles. The van der Waals surface area contributed by atoms with Crippen LogP contribution in [-0.4, -0.2) is 58.5 Å². The van der Waals surface area contributed by atoms with E-state index in [0.717, 1.165) is 9.80 Å². The number of ether oxygens (including phenoxy) is 2. The SMILES string of the molecule is CC(C)OC(=O)OCN1C(=O)CCC(N2C(=O)c3ccccc3C2=O)C1=O. The summed E-state index contributed by atoms with van der Waals surface area (Å²) in [5.41, 5.74) is 0.436. The van der Waals surface area contributed by atoms with Crippen molar-refractivity contribution in [2.24, 2.45) is 0 Å². The van der Waals surface area contributed by atoms with Gasteiger partial charge in [-0.05, 0) is 32.4 Å². The Morgan fingerprint density at radius 2 is 1.70 bits per heavy atom. The molecule has 4 amide bonds. The first-order valence-electron chi connectivity index (χ1n) is 8.45. The van der Waals surface area contributed by atoms with Crippen LogP contribution in [0, 0.1) is 0 Å². The number of amides is 4. The largest absolute Gasteiger partial charge is 0.510 e. The molecule has 1 atom stereocenters. The molecule has 9 nitrogen and oxygen atoms in total. The highest BCUT2D eigenvalue weighted by Gasteiger charge is 2.47. The monoisotopic (exact) mass is 374 g/mol. The van der Waals surface area contributed by atoms with E-state index < -0.39 is 48.7 Å². The van der Waals surface area contributed by atoms with Crippen LogP contribution in [0.25, 0.3) is 0 Å². The van der Waals surface area contributed by atoms with Crippen LogP contribution in [0.4, 0.5) is 4.79 Å². The number of hydrogen-bond donors (Lipinski definition) is 0. The van der Waals surface area contributed by atoms with Crippen LogP contribution in [0.15, 0.2) is 24.3 Å². The average molecular weight is 374 g/mol. The zero-order valence-corrected chi connectivity index (χ0v) is 14.8. The zero-order valence-electron chi connectivity index (χ0n) is 14.8. The predicted molar refractivity (Wildman–Crippen MR) is 89.4 cm³/mol. The number of piperidine rings is 1. The van der Waals surface area contributed by atoms with Gasteiger partial charge in [0.05, 0.1) is 17.2 Å². The van der Waals surface area contributed by atoms with Crippen LogP contribution in [0.2, 0.25) is 0 Å². The summed E-state index contributed by atoms with van der Waals surface area (Å²) < 4.78 is 9.58. The third kappa shape index (κ3) is 3.40. The number of carbonyl (C=O) groups excluding carboxylic acids is 5. The molecule has 0 bridgehead atoms. The second-order valence-corrected chi connectivity index (χ2v) is 6.43. The Morgan fingerprint density at radius 1 is 1.11 bits per heavy atom. The number of nitrogens with zero attached hydrogens (tertiary/aromatic N) is 2. The van der Waals surface area contributed by atoms with E-state index in [2.05, 4.69) is 0 Å². The van der Waals surface area contributed by atoms with Crippen LogP contribution in [0.5, 0.6) is 0 Å². The molecule has 142 valence electrons. The topological polar surface area (TPSA) is 110 Å². The van der Waals surface area contributed by atoms with Crippen molar-refractivity contribution in [3.63, 3.8) is 0 Å². The Hall–Kier alpha value is -3.23. The van der Waals surface area contributed by atoms with Gasteiger partial charge in [0.1, 0.15) is 6.04 Å². The molecule has 1 aromatic carbocycles. The van der Waals surface area contributed by atoms with Crippen molar-refractivity contribution in [3.8, 4) is 0 Å². The molecule has 0 saturated carbocycles. The summed E-state index contributed by atoms with van der Waals surface area (Å²) in [6.07, 6.45) is -1.48. The molecule has 0 N–H and O–H groups in total. The molecule has 2 heterocycles. The Morgan fingerprint density at radius 3 is 2.26 bits per heavy atom. The molecule has 0 aliphatic carbocycles. The van der Waals surface area contributed by atoms with Crippen LogP contribution >= 0.6 is 0 Å². The van der Waals surface area contributed by atoms with E-state index in [-0.39, 0.29) is 24.0 Å². The minimum atomic E-state index is -1.13. The van der Waals surface area contributed by atoms with Gasteiger partial charge in [-0.15, -0.1) is 0 Å². The van der Waals surface area contributed by atoms with Crippen LogP contribution < -0.4 is 0 Å². The van der Waals surface area contributed by atoms with Gasteiger partial charge in [0.2, 0.25) is 5.91 Å². The van der Waals surface area contributed by atoms with Gasteiger partial charge in [-0.1, -0.05) is 12.1 Å². The Bertz CT molecular complexity index is 798. The maximum absolute atomic E-state index is 12.7. The number of rotatable bonds is 4. The molecule has 1 saturated heterocycles. The second kappa shape index (κ2) is 7.18. The Labute approximate surface area is 154 Å². The van der Waals surface area contributed by atoms with E-state index in [1.54, 1.807) is 26.0 Å². The van der Waals surface area contributed by atoms with E-state index in [1.807, 2.05) is 0 Å². The van der Waals surface area contributed by atoms with Gasteiger partial charge >= 0.3 is 6.16 Å². The summed E-state index contributed by atoms with van der Waals surface area (Å²) >= 11 is 0. The first-order valence-corrected chi connectivity index (χ1v) is 8.45. The number of benzene rings is 1. The smallest absolute Gasteiger partial charge is 0.432 e. The standard InChI is InChI=1S/C18H18N2O7/c1-10(2)27-18(25)26-9-19-14(21)8-7-13(17(19)24)20-15(22)11-5-3-4-6-12(11)16(20)23/h3-6,10,13H,7-9H2,1-2H3. The number of fused-ring (bicyclic) bond motifs is 1. The van der Waals surface area contributed by atoms with Crippen molar-refractivity contribution in [2.45, 2.75) is 38.8 Å². The minimum absolute atomic E-state index is 0.0239. The molecular weight excluding hydrogens is 356 g/mol. The normalized spacial score (nSPS) is 19.6. The summed E-state index contributed by atoms with van der Waals surface area (Å²) in [4.78, 5) is 63.0. The summed E-state index contributed by atoms with van der Waals surface area (Å²) in [6, 6.07) is 5.15. The van der Waals surface area contributed by atoms with E-state index in [4.69, 9.17) is 9.47 Å². The fourth-order valence-electron chi connectivity index (χ4n) is 3.03. The summed E-state index contributed by atoms with van der Waals surface area (Å²) in [5.74, 6) is -2.48. The lowest BCUT2D eigenvalue weighted by molar-refractivity contribution is -0.156. The fraction of sp³-hybridized carbons (Fsp3) is 0.389. The predicted octanol–water partition coefficient (Wildman–Crippen LogP) is 1.32. The highest BCUT2D eigenvalue weighted by molar-refractivity contribution is 6.23. The lowest BCUT2D eigenvalue weighted by Crippen LogP contribution is -2.56. The van der Waals surface area contributed by atoms with Crippen molar-refractivity contribution < 1.29 is 33.4 Å². The average Bonchev–Trinajstić information content (AvgIpc) is 2.86. The fourth-order valence-corrected chi connectivity index (χ4v) is 3.03. The van der Waals surface area contributed by atoms with Gasteiger partial charge in [0.25, 0.3) is 17.7 Å². The minimum Gasteiger partial charge on any atom is -0.432 e. The Balaban J connectivity index is 1.75. The third-order valence-electron chi connectivity index (χ3n) is 4.26. The van der Waals surface area contributed by atoms with E-state index in [1.165, 1.54) is 12.1 Å². The first-order chi connectivity index (χ1) is 12.8. The molecule has 1 aromatic rings. The van der Waals surface area contributed by atoms with Gasteiger partial charge in [-0.2, -0.15) is 0 Å². The maximum atomic E-state index is 12.7. The van der Waals surface area contributed by atoms with Crippen LogP contribution in [0.3, 0.4) is 0 Å². The quantitative estimate of drug-likeness (QED) is 0.577. The first kappa shape index (κ1) is 18.6. The zero-order chi connectivity index (χ0) is 19.7. The van der Waals surface area contributed by atoms with E-state index >= 15 is 0 Å². The summed E-state index contributed by atoms with van der Waals surface area (Å²) in [5, 5.41) is 0. The summed E-state index contributed by atoms with van der Waals surface area (Å²) in [6.45, 7) is 2.61. The van der Waals surface area contributed by atoms with Gasteiger partial charge < -0.3 is 9.47 Å². The number of hydrogen-bond acceptors (Lipinski definition) is 7.